The van der Waals surface area contributed by atoms with E-state index in [2.05, 4.69) is 52.0 Å². The Morgan fingerprint density at radius 2 is 1.31 bits per heavy atom. The summed E-state index contributed by atoms with van der Waals surface area (Å²) in [6.45, 7) is 9.52. The Kier molecular flexibility index (Phi) is 4.90. The summed E-state index contributed by atoms with van der Waals surface area (Å²) in [6.07, 6.45) is 6.90. The average molecular weight is 387 g/mol. The van der Waals surface area contributed by atoms with Crippen LogP contribution < -0.4 is 0 Å². The highest BCUT2D eigenvalue weighted by Crippen LogP contribution is 2.51. The lowest BCUT2D eigenvalue weighted by Crippen LogP contribution is -2.30. The van der Waals surface area contributed by atoms with Crippen LogP contribution in [-0.2, 0) is 0 Å². The third kappa shape index (κ3) is 4.32. The monoisotopic (exact) mass is 386 g/mol. The van der Waals surface area contributed by atoms with Gasteiger partial charge in [-0.1, -0.05) is 69.7 Å². The number of allylic oxidation sites excluding steroid dienone is 1. The normalized spacial score (nSPS) is 17.9. The maximum absolute atomic E-state index is 9.80. The second-order valence-electron chi connectivity index (χ2n) is 9.97. The molecular formula is C27H30O2. The molecule has 150 valence electrons. The van der Waals surface area contributed by atoms with Crippen molar-refractivity contribution in [3.63, 3.8) is 0 Å². The van der Waals surface area contributed by atoms with E-state index in [1.54, 1.807) is 24.7 Å². The molecule has 2 heteroatoms. The number of phenols is 1. The zero-order chi connectivity index (χ0) is 20.6. The van der Waals surface area contributed by atoms with Crippen LogP contribution in [0.15, 0.2) is 77.1 Å². The lowest BCUT2D eigenvalue weighted by atomic mass is 9.62. The zero-order valence-electron chi connectivity index (χ0n) is 17.8. The van der Waals surface area contributed by atoms with E-state index in [1.165, 1.54) is 28.7 Å². The molecular weight excluding hydrogens is 356 g/mol. The minimum absolute atomic E-state index is 0.274. The van der Waals surface area contributed by atoms with E-state index in [-0.39, 0.29) is 10.8 Å². The highest BCUT2D eigenvalue weighted by atomic mass is 16.3. The molecule has 1 aliphatic carbocycles. The molecule has 1 aliphatic rings. The van der Waals surface area contributed by atoms with Crippen LogP contribution in [0.5, 0.6) is 5.75 Å². The van der Waals surface area contributed by atoms with Crippen LogP contribution in [0.2, 0.25) is 0 Å². The SMILES string of the molecule is CC1(C)CC(=C(c2ccc(O)cc2)c2ccc(-c3ccoc3)cc2)CC(C)(C)C1. The molecule has 0 spiro atoms. The Balaban J connectivity index is 1.84. The largest absolute Gasteiger partial charge is 0.508 e. The van der Waals surface area contributed by atoms with Crippen LogP contribution in [-0.4, -0.2) is 5.11 Å². The Hall–Kier alpha value is -2.74. The van der Waals surface area contributed by atoms with Crippen molar-refractivity contribution in [3.8, 4) is 16.9 Å². The average Bonchev–Trinajstić information content (AvgIpc) is 3.16. The van der Waals surface area contributed by atoms with Gasteiger partial charge in [0.05, 0.1) is 12.5 Å². The van der Waals surface area contributed by atoms with Crippen molar-refractivity contribution in [2.45, 2.75) is 47.0 Å². The van der Waals surface area contributed by atoms with Gasteiger partial charge in [0.2, 0.25) is 0 Å². The Morgan fingerprint density at radius 1 is 0.759 bits per heavy atom. The third-order valence-corrected chi connectivity index (χ3v) is 5.88. The molecule has 0 amide bonds. The fourth-order valence-electron chi connectivity index (χ4n) is 5.28. The molecule has 3 aromatic rings. The minimum atomic E-state index is 0.274. The molecule has 0 saturated heterocycles. The van der Waals surface area contributed by atoms with Crippen LogP contribution in [0.4, 0.5) is 0 Å². The molecule has 1 N–H and O–H groups in total. The van der Waals surface area contributed by atoms with E-state index in [0.717, 1.165) is 24.0 Å². The quantitative estimate of drug-likeness (QED) is 0.500. The summed E-state index contributed by atoms with van der Waals surface area (Å²) in [5.41, 5.74) is 8.01. The van der Waals surface area contributed by atoms with Crippen LogP contribution in [0.1, 0.15) is 58.1 Å². The molecule has 2 nitrogen and oxygen atoms in total. The molecule has 0 aliphatic heterocycles. The summed E-state index contributed by atoms with van der Waals surface area (Å²) in [6, 6.07) is 18.4. The van der Waals surface area contributed by atoms with Gasteiger partial charge in [0.25, 0.3) is 0 Å². The van der Waals surface area contributed by atoms with Gasteiger partial charge in [0.15, 0.2) is 0 Å². The summed E-state index contributed by atoms with van der Waals surface area (Å²) in [4.78, 5) is 0. The molecule has 0 bridgehead atoms. The number of furan rings is 1. The van der Waals surface area contributed by atoms with Gasteiger partial charge >= 0.3 is 0 Å². The van der Waals surface area contributed by atoms with Crippen molar-refractivity contribution in [1.29, 1.82) is 0 Å². The standard InChI is InChI=1S/C27H30O2/c1-26(2)15-23(16-27(3,4)18-26)25(21-9-11-24(28)12-10-21)20-7-5-19(6-8-20)22-13-14-29-17-22/h5-14,17,28H,15-16,18H2,1-4H3. The van der Waals surface area contributed by atoms with Crippen molar-refractivity contribution < 1.29 is 9.52 Å². The number of hydrogen-bond acceptors (Lipinski definition) is 2. The summed E-state index contributed by atoms with van der Waals surface area (Å²) in [7, 11) is 0. The zero-order valence-corrected chi connectivity index (χ0v) is 17.8. The topological polar surface area (TPSA) is 33.4 Å². The number of phenolic OH excluding ortho intramolecular Hbond substituents is 1. The summed E-state index contributed by atoms with van der Waals surface area (Å²) >= 11 is 0. The van der Waals surface area contributed by atoms with Crippen LogP contribution in [0.25, 0.3) is 16.7 Å². The van der Waals surface area contributed by atoms with Crippen molar-refractivity contribution in [2.24, 2.45) is 10.8 Å². The molecule has 1 aromatic heterocycles. The van der Waals surface area contributed by atoms with E-state index in [1.807, 2.05) is 18.2 Å². The van der Waals surface area contributed by atoms with E-state index in [0.29, 0.717) is 5.75 Å². The van der Waals surface area contributed by atoms with Crippen molar-refractivity contribution in [1.82, 2.24) is 0 Å². The molecule has 0 unspecified atom stereocenters. The fraction of sp³-hybridized carbons (Fsp3) is 0.333. The third-order valence-electron chi connectivity index (χ3n) is 5.88. The number of aromatic hydroxyl groups is 1. The van der Waals surface area contributed by atoms with E-state index in [4.69, 9.17) is 4.42 Å². The molecule has 1 fully saturated rings. The Bertz CT molecular complexity index is 983. The molecule has 0 radical (unpaired) electrons. The lowest BCUT2D eigenvalue weighted by Gasteiger charge is -2.43. The highest BCUT2D eigenvalue weighted by Gasteiger charge is 2.37. The van der Waals surface area contributed by atoms with Crippen molar-refractivity contribution in [2.75, 3.05) is 0 Å². The van der Waals surface area contributed by atoms with Gasteiger partial charge in [-0.25, -0.2) is 0 Å². The van der Waals surface area contributed by atoms with Gasteiger partial charge in [-0.15, -0.1) is 0 Å². The fourth-order valence-corrected chi connectivity index (χ4v) is 5.28. The van der Waals surface area contributed by atoms with Crippen LogP contribution in [0, 0.1) is 10.8 Å². The maximum atomic E-state index is 9.80. The smallest absolute Gasteiger partial charge is 0.115 e. The van der Waals surface area contributed by atoms with Gasteiger partial charge < -0.3 is 9.52 Å². The Morgan fingerprint density at radius 3 is 1.83 bits per heavy atom. The van der Waals surface area contributed by atoms with Gasteiger partial charge in [0, 0.05) is 5.56 Å². The second kappa shape index (κ2) is 7.26. The molecule has 2 aromatic carbocycles. The maximum Gasteiger partial charge on any atom is 0.115 e. The van der Waals surface area contributed by atoms with Crippen molar-refractivity contribution in [3.05, 3.63) is 83.8 Å². The first-order valence-electron chi connectivity index (χ1n) is 10.4. The molecule has 1 heterocycles. The first kappa shape index (κ1) is 19.6. The highest BCUT2D eigenvalue weighted by molar-refractivity contribution is 5.83. The van der Waals surface area contributed by atoms with E-state index in [9.17, 15) is 5.11 Å². The minimum Gasteiger partial charge on any atom is -0.508 e. The van der Waals surface area contributed by atoms with Gasteiger partial charge in [-0.2, -0.15) is 0 Å². The summed E-state index contributed by atoms with van der Waals surface area (Å²) < 4.78 is 5.24. The van der Waals surface area contributed by atoms with Gasteiger partial charge in [0.1, 0.15) is 5.75 Å². The van der Waals surface area contributed by atoms with E-state index < -0.39 is 0 Å². The number of benzene rings is 2. The first-order valence-corrected chi connectivity index (χ1v) is 10.4. The predicted octanol–water partition coefficient (Wildman–Crippen LogP) is 7.69. The lowest BCUT2D eigenvalue weighted by molar-refractivity contribution is 0.154. The number of hydrogen-bond donors (Lipinski definition) is 1. The van der Waals surface area contributed by atoms with Gasteiger partial charge in [-0.3, -0.25) is 0 Å². The molecule has 4 rings (SSSR count). The summed E-state index contributed by atoms with van der Waals surface area (Å²) in [5.74, 6) is 0.303. The molecule has 1 saturated carbocycles. The van der Waals surface area contributed by atoms with Crippen molar-refractivity contribution >= 4 is 5.57 Å². The van der Waals surface area contributed by atoms with Gasteiger partial charge in [-0.05, 0) is 70.6 Å². The summed E-state index contributed by atoms with van der Waals surface area (Å²) in [5, 5.41) is 9.80. The number of rotatable bonds is 3. The molecule has 29 heavy (non-hydrogen) atoms. The van der Waals surface area contributed by atoms with Crippen LogP contribution >= 0.6 is 0 Å². The van der Waals surface area contributed by atoms with E-state index >= 15 is 0 Å². The Labute approximate surface area is 173 Å². The first-order chi connectivity index (χ1) is 13.7. The molecule has 0 atom stereocenters. The van der Waals surface area contributed by atoms with Crippen LogP contribution in [0.3, 0.4) is 0 Å². The second-order valence-corrected chi connectivity index (χ2v) is 9.97. The predicted molar refractivity (Wildman–Crippen MR) is 120 cm³/mol.